The van der Waals surface area contributed by atoms with Crippen molar-refractivity contribution in [3.05, 3.63) is 48.4 Å². The smallest absolute Gasteiger partial charge is 0.409 e. The second-order valence-electron chi connectivity index (χ2n) is 13.5. The molecule has 2 fully saturated rings. The van der Waals surface area contributed by atoms with E-state index in [-0.39, 0.29) is 49.2 Å². The molecule has 1 aliphatic heterocycles. The van der Waals surface area contributed by atoms with E-state index in [9.17, 15) is 43.2 Å². The summed E-state index contributed by atoms with van der Waals surface area (Å²) < 4.78 is 44.1. The normalized spacial score (nSPS) is 24.5. The Morgan fingerprint density at radius 1 is 0.963 bits per heavy atom. The zero-order valence-corrected chi connectivity index (χ0v) is 31.2. The number of carboxylic acid groups (broad SMARTS) is 1. The number of fused-ring (bicyclic) bond motifs is 1. The highest BCUT2D eigenvalue weighted by atomic mass is 32.2. The number of nitrogens with one attached hydrogen (secondary N) is 1. The average Bonchev–Trinajstić information content (AvgIpc) is 3.60. The molecule has 5 rings (SSSR count). The summed E-state index contributed by atoms with van der Waals surface area (Å²) in [5.41, 5.74) is 0.760. The minimum atomic E-state index is -3.28. The SMILES string of the molecule is CNS(=O)(=O)C[C@H]1CC[C@H](N(C)c2ncnc3c2ccn3C(=O)N(C)CCN(C)C(=O)OCc2ccccc2O[C@@H]2O[C@H](C(=O)O)[C@@H](O)[C@H](O)[C@H]2O)CC1. The van der Waals surface area contributed by atoms with E-state index in [1.54, 1.807) is 37.5 Å². The predicted octanol–water partition coefficient (Wildman–Crippen LogP) is 0.415. The Kier molecular flexibility index (Phi) is 13.0. The Balaban J connectivity index is 1.14. The van der Waals surface area contributed by atoms with Crippen LogP contribution in [0, 0.1) is 5.92 Å². The molecule has 0 bridgehead atoms. The molecule has 54 heavy (non-hydrogen) atoms. The van der Waals surface area contributed by atoms with Gasteiger partial charge >= 0.3 is 18.1 Å². The number of aliphatic hydroxyl groups excluding tert-OH is 3. The molecule has 2 aromatic heterocycles. The maximum atomic E-state index is 13.5. The van der Waals surface area contributed by atoms with E-state index < -0.39 is 52.8 Å². The molecule has 2 aliphatic rings. The molecule has 1 aliphatic carbocycles. The van der Waals surface area contributed by atoms with E-state index in [1.165, 1.54) is 40.9 Å². The lowest BCUT2D eigenvalue weighted by Crippen LogP contribution is -2.61. The second-order valence-corrected chi connectivity index (χ2v) is 15.5. The van der Waals surface area contributed by atoms with Crippen molar-refractivity contribution in [2.75, 3.05) is 51.9 Å². The fourth-order valence-electron chi connectivity index (χ4n) is 6.57. The molecule has 1 aromatic carbocycles. The van der Waals surface area contributed by atoms with Crippen LogP contribution in [0.2, 0.25) is 0 Å². The van der Waals surface area contributed by atoms with Crippen LogP contribution in [0.3, 0.4) is 0 Å². The summed E-state index contributed by atoms with van der Waals surface area (Å²) in [4.78, 5) is 51.5. The summed E-state index contributed by atoms with van der Waals surface area (Å²) in [7, 11) is 3.18. The molecule has 0 unspecified atom stereocenters. The van der Waals surface area contributed by atoms with Gasteiger partial charge in [0.1, 0.15) is 42.8 Å². The topological polar surface area (TPSA) is 246 Å². The van der Waals surface area contributed by atoms with Gasteiger partial charge < -0.3 is 49.3 Å². The van der Waals surface area contributed by atoms with Crippen LogP contribution in [0.4, 0.5) is 15.4 Å². The molecule has 2 amide bonds. The summed E-state index contributed by atoms with van der Waals surface area (Å²) >= 11 is 0. The summed E-state index contributed by atoms with van der Waals surface area (Å²) in [6.45, 7) is -0.0292. The zero-order chi connectivity index (χ0) is 39.3. The number of nitrogens with zero attached hydrogens (tertiary/aromatic N) is 6. The van der Waals surface area contributed by atoms with Gasteiger partial charge in [-0.15, -0.1) is 0 Å². The number of amides is 2. The molecule has 3 aromatic rings. The van der Waals surface area contributed by atoms with Crippen molar-refractivity contribution < 1.29 is 57.4 Å². The number of rotatable bonds is 13. The number of para-hydroxylation sites is 1. The molecule has 19 nitrogen and oxygen atoms in total. The Morgan fingerprint density at radius 2 is 1.65 bits per heavy atom. The van der Waals surface area contributed by atoms with Crippen molar-refractivity contribution in [3.8, 4) is 5.75 Å². The molecule has 0 spiro atoms. The van der Waals surface area contributed by atoms with Gasteiger partial charge in [0, 0.05) is 52.0 Å². The first kappa shape index (κ1) is 40.6. The molecule has 5 atom stereocenters. The maximum Gasteiger partial charge on any atom is 0.409 e. The number of hydrogen-bond donors (Lipinski definition) is 5. The molecular formula is C34H47N7O12S. The third-order valence-electron chi connectivity index (χ3n) is 9.92. The largest absolute Gasteiger partial charge is 0.479 e. The number of sulfonamides is 1. The lowest BCUT2D eigenvalue weighted by atomic mass is 9.86. The summed E-state index contributed by atoms with van der Waals surface area (Å²) in [6, 6.07) is 7.81. The molecular weight excluding hydrogens is 730 g/mol. The number of aromatic nitrogens is 3. The van der Waals surface area contributed by atoms with E-state index in [0.717, 1.165) is 25.7 Å². The Hall–Kier alpha value is -4.60. The van der Waals surface area contributed by atoms with Gasteiger partial charge in [-0.2, -0.15) is 0 Å². The minimum Gasteiger partial charge on any atom is -0.479 e. The fourth-order valence-corrected chi connectivity index (χ4v) is 7.69. The third-order valence-corrected chi connectivity index (χ3v) is 11.5. The van der Waals surface area contributed by atoms with Gasteiger partial charge in [0.05, 0.1) is 11.1 Å². The first-order valence-electron chi connectivity index (χ1n) is 17.4. The number of aliphatic hydroxyl groups is 3. The van der Waals surface area contributed by atoms with Crippen molar-refractivity contribution in [1.29, 1.82) is 0 Å². The number of ether oxygens (including phenoxy) is 3. The third kappa shape index (κ3) is 9.19. The highest BCUT2D eigenvalue weighted by molar-refractivity contribution is 7.89. The van der Waals surface area contributed by atoms with Gasteiger partial charge in [-0.25, -0.2) is 37.5 Å². The van der Waals surface area contributed by atoms with Crippen LogP contribution < -0.4 is 14.4 Å². The monoisotopic (exact) mass is 777 g/mol. The van der Waals surface area contributed by atoms with Crippen LogP contribution in [-0.2, 0) is 30.9 Å². The van der Waals surface area contributed by atoms with Gasteiger partial charge in [-0.1, -0.05) is 18.2 Å². The van der Waals surface area contributed by atoms with Crippen molar-refractivity contribution in [3.63, 3.8) is 0 Å². The molecule has 296 valence electrons. The van der Waals surface area contributed by atoms with E-state index in [1.807, 2.05) is 7.05 Å². The lowest BCUT2D eigenvalue weighted by molar-refractivity contribution is -0.271. The molecule has 1 saturated carbocycles. The van der Waals surface area contributed by atoms with Crippen molar-refractivity contribution in [1.82, 2.24) is 29.1 Å². The zero-order valence-electron chi connectivity index (χ0n) is 30.4. The van der Waals surface area contributed by atoms with E-state index >= 15 is 0 Å². The summed E-state index contributed by atoms with van der Waals surface area (Å²) in [5, 5.41) is 40.4. The van der Waals surface area contributed by atoms with Gasteiger partial charge in [-0.05, 0) is 50.8 Å². The molecule has 5 N–H and O–H groups in total. The first-order valence-corrected chi connectivity index (χ1v) is 19.0. The minimum absolute atomic E-state index is 0.0809. The molecule has 1 saturated heterocycles. The lowest BCUT2D eigenvalue weighted by Gasteiger charge is -2.38. The highest BCUT2D eigenvalue weighted by Crippen LogP contribution is 2.33. The van der Waals surface area contributed by atoms with Crippen LogP contribution in [0.5, 0.6) is 5.75 Å². The fraction of sp³-hybridized carbons (Fsp3) is 0.559. The van der Waals surface area contributed by atoms with Crippen molar-refractivity contribution >= 4 is 45.0 Å². The van der Waals surface area contributed by atoms with Gasteiger partial charge in [0.25, 0.3) is 0 Å². The summed E-state index contributed by atoms with van der Waals surface area (Å²) in [6.07, 6.45) is -3.53. The van der Waals surface area contributed by atoms with E-state index in [2.05, 4.69) is 19.6 Å². The Bertz CT molecular complexity index is 1900. The second kappa shape index (κ2) is 17.2. The highest BCUT2D eigenvalue weighted by Gasteiger charge is 2.48. The van der Waals surface area contributed by atoms with Gasteiger partial charge in [0.15, 0.2) is 11.8 Å². The predicted molar refractivity (Wildman–Crippen MR) is 192 cm³/mol. The molecule has 0 radical (unpaired) electrons. The van der Waals surface area contributed by atoms with E-state index in [0.29, 0.717) is 22.4 Å². The maximum absolute atomic E-state index is 13.5. The number of anilines is 1. The van der Waals surface area contributed by atoms with Crippen LogP contribution in [0.1, 0.15) is 31.2 Å². The molecule has 20 heteroatoms. The Morgan fingerprint density at radius 3 is 2.33 bits per heavy atom. The average molecular weight is 778 g/mol. The number of carbonyl (C=O) groups excluding carboxylic acids is 2. The Labute approximate surface area is 312 Å². The van der Waals surface area contributed by atoms with Crippen LogP contribution in [0.15, 0.2) is 42.9 Å². The number of benzene rings is 1. The number of likely N-dealkylation sites (N-methyl/N-ethyl adjacent to an activating group) is 2. The number of carboxylic acids is 1. The van der Waals surface area contributed by atoms with Crippen LogP contribution >= 0.6 is 0 Å². The quantitative estimate of drug-likeness (QED) is 0.158. The number of hydrogen-bond acceptors (Lipinski definition) is 14. The molecule has 3 heterocycles. The van der Waals surface area contributed by atoms with Crippen molar-refractivity contribution in [2.45, 2.75) is 69.0 Å². The summed E-state index contributed by atoms with van der Waals surface area (Å²) in [5.74, 6) is -0.608. The van der Waals surface area contributed by atoms with Crippen molar-refractivity contribution in [2.24, 2.45) is 5.92 Å². The first-order chi connectivity index (χ1) is 25.6. The van der Waals surface area contributed by atoms with Gasteiger partial charge in [-0.3, -0.25) is 4.57 Å². The van der Waals surface area contributed by atoms with Crippen LogP contribution in [0.25, 0.3) is 11.0 Å². The van der Waals surface area contributed by atoms with E-state index in [4.69, 9.17) is 14.2 Å². The number of aliphatic carboxylic acids is 1. The number of carbonyl (C=O) groups is 3. The standard InChI is InChI=1S/C34H47N7O12S/c1-35-54(49,50)18-20-9-11-22(12-10-20)40(4)29-23-13-14-41(30(23)37-19-36-29)33(47)38(2)15-16-39(3)34(48)51-17-21-7-5-6-8-24(21)52-32-27(44)25(42)26(43)28(53-32)31(45)46/h5-8,13-14,19-20,22,25-28,32,35,42-44H,9-12,15-18H2,1-4H3,(H,45,46)/t20-,22-,25-,26-,27+,28-,32+/m0/s1. The van der Waals surface area contributed by atoms with Crippen LogP contribution in [-0.4, -0.2) is 155 Å². The van der Waals surface area contributed by atoms with Gasteiger partial charge in [0.2, 0.25) is 16.3 Å².